The molecule has 3 heteroatoms. The number of nitrogens with two attached hydrogens (primary N) is 1. The molecule has 15 heavy (non-hydrogen) atoms. The molecule has 0 aliphatic carbocycles. The first kappa shape index (κ1) is 14.4. The van der Waals surface area contributed by atoms with E-state index in [0.29, 0.717) is 6.42 Å². The topological polar surface area (TPSA) is 55.1 Å². The molecule has 0 saturated heterocycles. The summed E-state index contributed by atoms with van der Waals surface area (Å²) in [6, 6.07) is 0. The van der Waals surface area contributed by atoms with Crippen LogP contribution in [0.1, 0.15) is 53.4 Å². The summed E-state index contributed by atoms with van der Waals surface area (Å²) in [5, 5.41) is 2.88. The Morgan fingerprint density at radius 3 is 2.47 bits per heavy atom. The average Bonchev–Trinajstić information content (AvgIpc) is 2.16. The highest BCUT2D eigenvalue weighted by Gasteiger charge is 2.24. The van der Waals surface area contributed by atoms with Gasteiger partial charge in [-0.25, -0.2) is 0 Å². The summed E-state index contributed by atoms with van der Waals surface area (Å²) in [4.78, 5) is 11.6. The number of amides is 1. The van der Waals surface area contributed by atoms with Crippen molar-refractivity contribution in [1.29, 1.82) is 0 Å². The number of nitrogens with one attached hydrogen (secondary N) is 1. The van der Waals surface area contributed by atoms with Crippen LogP contribution in [-0.2, 0) is 4.79 Å². The van der Waals surface area contributed by atoms with Gasteiger partial charge in [-0.15, -0.1) is 0 Å². The zero-order valence-electron chi connectivity index (χ0n) is 10.6. The fourth-order valence-electron chi connectivity index (χ4n) is 1.24. The molecule has 3 nitrogen and oxygen atoms in total. The Balaban J connectivity index is 3.56. The number of carbonyl (C=O) groups excluding carboxylic acids is 1. The number of hydrogen-bond acceptors (Lipinski definition) is 2. The predicted octanol–water partition coefficient (Wildman–Crippen LogP) is 2.06. The molecule has 0 spiro atoms. The van der Waals surface area contributed by atoms with Crippen LogP contribution in [0.2, 0.25) is 0 Å². The minimum atomic E-state index is -0.710. The number of unbranched alkanes of at least 4 members (excludes halogenated alkanes) is 1. The lowest BCUT2D eigenvalue weighted by Crippen LogP contribution is -2.51. The average molecular weight is 214 g/mol. The zero-order chi connectivity index (χ0) is 11.9. The number of hydrogen-bond donors (Lipinski definition) is 2. The van der Waals surface area contributed by atoms with Crippen LogP contribution in [0.25, 0.3) is 0 Å². The molecule has 0 radical (unpaired) electrons. The SMILES string of the molecule is CCC(C)(N)C(=O)NCCCCC(C)C. The maximum absolute atomic E-state index is 11.6. The highest BCUT2D eigenvalue weighted by molar-refractivity contribution is 5.85. The van der Waals surface area contributed by atoms with Crippen LogP contribution in [0, 0.1) is 5.92 Å². The molecule has 0 aromatic carbocycles. The summed E-state index contributed by atoms with van der Waals surface area (Å²) in [5.74, 6) is 0.714. The quantitative estimate of drug-likeness (QED) is 0.637. The van der Waals surface area contributed by atoms with Crippen molar-refractivity contribution < 1.29 is 4.79 Å². The van der Waals surface area contributed by atoms with Crippen molar-refractivity contribution in [2.75, 3.05) is 6.54 Å². The lowest BCUT2D eigenvalue weighted by Gasteiger charge is -2.21. The van der Waals surface area contributed by atoms with Gasteiger partial charge in [-0.2, -0.15) is 0 Å². The van der Waals surface area contributed by atoms with Gasteiger partial charge in [-0.3, -0.25) is 4.79 Å². The predicted molar refractivity (Wildman–Crippen MR) is 64.6 cm³/mol. The second kappa shape index (κ2) is 6.83. The van der Waals surface area contributed by atoms with E-state index in [1.54, 1.807) is 6.92 Å². The van der Waals surface area contributed by atoms with Crippen molar-refractivity contribution in [2.45, 2.75) is 58.9 Å². The Kier molecular flexibility index (Phi) is 6.57. The van der Waals surface area contributed by atoms with E-state index in [1.165, 1.54) is 12.8 Å². The van der Waals surface area contributed by atoms with Crippen molar-refractivity contribution in [2.24, 2.45) is 11.7 Å². The van der Waals surface area contributed by atoms with E-state index < -0.39 is 5.54 Å². The second-order valence-electron chi connectivity index (χ2n) is 4.92. The maximum atomic E-state index is 11.6. The summed E-state index contributed by atoms with van der Waals surface area (Å²) in [7, 11) is 0. The van der Waals surface area contributed by atoms with Gasteiger partial charge in [0.05, 0.1) is 5.54 Å². The van der Waals surface area contributed by atoms with Gasteiger partial charge >= 0.3 is 0 Å². The third-order valence-electron chi connectivity index (χ3n) is 2.75. The molecule has 0 aliphatic heterocycles. The van der Waals surface area contributed by atoms with Gasteiger partial charge < -0.3 is 11.1 Å². The molecule has 0 aliphatic rings. The Morgan fingerprint density at radius 2 is 2.00 bits per heavy atom. The first-order chi connectivity index (χ1) is 6.90. The Labute approximate surface area is 93.8 Å². The monoisotopic (exact) mass is 214 g/mol. The molecular formula is C12H26N2O. The fraction of sp³-hybridized carbons (Fsp3) is 0.917. The lowest BCUT2D eigenvalue weighted by molar-refractivity contribution is -0.125. The Morgan fingerprint density at radius 1 is 1.40 bits per heavy atom. The molecule has 0 aromatic heterocycles. The van der Waals surface area contributed by atoms with Crippen molar-refractivity contribution in [3.63, 3.8) is 0 Å². The Hall–Kier alpha value is -0.570. The standard InChI is InChI=1S/C12H26N2O/c1-5-12(4,13)11(15)14-9-7-6-8-10(2)3/h10H,5-9,13H2,1-4H3,(H,14,15). The summed E-state index contributed by atoms with van der Waals surface area (Å²) in [6.45, 7) is 8.88. The number of rotatable bonds is 7. The van der Waals surface area contributed by atoms with E-state index >= 15 is 0 Å². The van der Waals surface area contributed by atoms with Gasteiger partial charge in [0.1, 0.15) is 0 Å². The van der Waals surface area contributed by atoms with Crippen LogP contribution in [0.4, 0.5) is 0 Å². The fourth-order valence-corrected chi connectivity index (χ4v) is 1.24. The summed E-state index contributed by atoms with van der Waals surface area (Å²) < 4.78 is 0. The van der Waals surface area contributed by atoms with Crippen molar-refractivity contribution in [1.82, 2.24) is 5.32 Å². The Bertz CT molecular complexity index is 188. The minimum absolute atomic E-state index is 0.0328. The highest BCUT2D eigenvalue weighted by Crippen LogP contribution is 2.06. The normalized spacial score (nSPS) is 15.1. The van der Waals surface area contributed by atoms with Crippen LogP contribution in [0.5, 0.6) is 0 Å². The third-order valence-corrected chi connectivity index (χ3v) is 2.75. The van der Waals surface area contributed by atoms with E-state index in [0.717, 1.165) is 18.9 Å². The molecule has 90 valence electrons. The van der Waals surface area contributed by atoms with E-state index in [2.05, 4.69) is 19.2 Å². The number of carbonyl (C=O) groups is 1. The van der Waals surface area contributed by atoms with E-state index in [-0.39, 0.29) is 5.91 Å². The van der Waals surface area contributed by atoms with Gasteiger partial charge in [0, 0.05) is 6.54 Å². The van der Waals surface area contributed by atoms with Crippen LogP contribution >= 0.6 is 0 Å². The second-order valence-corrected chi connectivity index (χ2v) is 4.92. The van der Waals surface area contributed by atoms with Crippen molar-refractivity contribution in [3.05, 3.63) is 0 Å². The third kappa shape index (κ3) is 6.50. The molecule has 1 atom stereocenters. The van der Waals surface area contributed by atoms with Gasteiger partial charge in [0.15, 0.2) is 0 Å². The summed E-state index contributed by atoms with van der Waals surface area (Å²) in [5.41, 5.74) is 5.10. The highest BCUT2D eigenvalue weighted by atomic mass is 16.2. The molecule has 0 heterocycles. The molecule has 3 N–H and O–H groups in total. The molecule has 0 aromatic rings. The van der Waals surface area contributed by atoms with Gasteiger partial charge in [-0.05, 0) is 25.7 Å². The molecule has 0 saturated carbocycles. The molecule has 1 amide bonds. The van der Waals surface area contributed by atoms with Crippen LogP contribution in [-0.4, -0.2) is 18.0 Å². The zero-order valence-corrected chi connectivity index (χ0v) is 10.6. The van der Waals surface area contributed by atoms with Gasteiger partial charge in [-0.1, -0.05) is 33.6 Å². The van der Waals surface area contributed by atoms with Crippen molar-refractivity contribution in [3.8, 4) is 0 Å². The van der Waals surface area contributed by atoms with Crippen LogP contribution in [0.15, 0.2) is 0 Å². The molecule has 0 fully saturated rings. The largest absolute Gasteiger partial charge is 0.355 e. The van der Waals surface area contributed by atoms with E-state index in [9.17, 15) is 4.79 Å². The molecule has 0 rings (SSSR count). The molecule has 0 bridgehead atoms. The maximum Gasteiger partial charge on any atom is 0.239 e. The lowest BCUT2D eigenvalue weighted by atomic mass is 9.99. The smallest absolute Gasteiger partial charge is 0.239 e. The first-order valence-electron chi connectivity index (χ1n) is 5.97. The summed E-state index contributed by atoms with van der Waals surface area (Å²) in [6.07, 6.45) is 4.11. The molecular weight excluding hydrogens is 188 g/mol. The first-order valence-corrected chi connectivity index (χ1v) is 5.97. The van der Waals surface area contributed by atoms with Gasteiger partial charge in [0.2, 0.25) is 5.91 Å². The van der Waals surface area contributed by atoms with Crippen molar-refractivity contribution >= 4 is 5.91 Å². The molecule has 1 unspecified atom stereocenters. The van der Waals surface area contributed by atoms with E-state index in [4.69, 9.17) is 5.73 Å². The summed E-state index contributed by atoms with van der Waals surface area (Å²) >= 11 is 0. The minimum Gasteiger partial charge on any atom is -0.355 e. The van der Waals surface area contributed by atoms with Gasteiger partial charge in [0.25, 0.3) is 0 Å². The van der Waals surface area contributed by atoms with Crippen LogP contribution < -0.4 is 11.1 Å². The van der Waals surface area contributed by atoms with Crippen LogP contribution in [0.3, 0.4) is 0 Å². The van der Waals surface area contributed by atoms with E-state index in [1.807, 2.05) is 6.92 Å².